The minimum Gasteiger partial charge on any atom is -0.482 e. The number of ether oxygens (including phenoxy) is 2. The normalized spacial score (nSPS) is 10.2. The average Bonchev–Trinajstić information content (AvgIpc) is 2.44. The second-order valence-corrected chi connectivity index (χ2v) is 4.96. The first-order valence-electron chi connectivity index (χ1n) is 6.71. The first kappa shape index (κ1) is 16.4. The molecule has 0 aromatic heterocycles. The zero-order chi connectivity index (χ0) is 17.0. The summed E-state index contributed by atoms with van der Waals surface area (Å²) in [6.07, 6.45) is 0. The van der Waals surface area contributed by atoms with Gasteiger partial charge in [0, 0.05) is 12.1 Å². The fourth-order valence-corrected chi connectivity index (χ4v) is 2.03. The Morgan fingerprint density at radius 3 is 2.43 bits per heavy atom. The molecule has 0 bridgehead atoms. The van der Waals surface area contributed by atoms with Crippen molar-refractivity contribution in [1.29, 1.82) is 0 Å². The van der Waals surface area contributed by atoms with Gasteiger partial charge in [0.15, 0.2) is 6.61 Å². The van der Waals surface area contributed by atoms with Crippen LogP contribution in [-0.4, -0.2) is 17.5 Å². The number of benzene rings is 2. The Kier molecular flexibility index (Phi) is 4.90. The number of hydrogen-bond donors (Lipinski definition) is 0. The average molecular weight is 319 g/mol. The van der Waals surface area contributed by atoms with Crippen molar-refractivity contribution in [2.75, 3.05) is 6.61 Å². The molecule has 0 N–H and O–H groups in total. The Bertz CT molecular complexity index is 740. The molecule has 0 atom stereocenters. The van der Waals surface area contributed by atoms with Crippen molar-refractivity contribution in [3.8, 4) is 11.5 Å². The third-order valence-corrected chi connectivity index (χ3v) is 2.89. The van der Waals surface area contributed by atoms with Gasteiger partial charge in [-0.1, -0.05) is 6.07 Å². The molecule has 0 saturated carbocycles. The van der Waals surface area contributed by atoms with Gasteiger partial charge < -0.3 is 9.47 Å². The molecule has 2 aromatic carbocycles. The standard InChI is InChI=1S/C16H14FNO5/c1-10-5-11(2)7-13(6-10)22-9-16(19)23-15-8-12(17)3-4-14(15)18(20)21/h3-8H,9H2,1-2H3. The fourth-order valence-electron chi connectivity index (χ4n) is 2.03. The minimum atomic E-state index is -0.863. The second-order valence-electron chi connectivity index (χ2n) is 4.96. The lowest BCUT2D eigenvalue weighted by Crippen LogP contribution is -2.18. The number of carbonyl (C=O) groups is 1. The van der Waals surface area contributed by atoms with Crippen molar-refractivity contribution in [3.05, 3.63) is 63.5 Å². The molecule has 0 unspecified atom stereocenters. The highest BCUT2D eigenvalue weighted by Gasteiger charge is 2.19. The smallest absolute Gasteiger partial charge is 0.349 e. The van der Waals surface area contributed by atoms with Crippen LogP contribution < -0.4 is 9.47 Å². The number of esters is 1. The van der Waals surface area contributed by atoms with E-state index >= 15 is 0 Å². The Morgan fingerprint density at radius 1 is 1.17 bits per heavy atom. The van der Waals surface area contributed by atoms with Crippen LogP contribution in [-0.2, 0) is 4.79 Å². The van der Waals surface area contributed by atoms with Crippen LogP contribution in [0.1, 0.15) is 11.1 Å². The zero-order valence-electron chi connectivity index (χ0n) is 12.5. The molecule has 120 valence electrons. The van der Waals surface area contributed by atoms with Gasteiger partial charge in [-0.2, -0.15) is 0 Å². The molecule has 2 rings (SSSR count). The Hall–Kier alpha value is -2.96. The van der Waals surface area contributed by atoms with Crippen LogP contribution in [0.25, 0.3) is 0 Å². The molecular formula is C16H14FNO5. The summed E-state index contributed by atoms with van der Waals surface area (Å²) in [6.45, 7) is 3.32. The number of nitro benzene ring substituents is 1. The van der Waals surface area contributed by atoms with E-state index in [0.717, 1.165) is 29.3 Å². The molecule has 0 aliphatic carbocycles. The third-order valence-electron chi connectivity index (χ3n) is 2.89. The number of hydrogen-bond acceptors (Lipinski definition) is 5. The summed E-state index contributed by atoms with van der Waals surface area (Å²) < 4.78 is 23.3. The Balaban J connectivity index is 2.05. The molecule has 23 heavy (non-hydrogen) atoms. The maximum absolute atomic E-state index is 13.2. The van der Waals surface area contributed by atoms with Crippen molar-refractivity contribution >= 4 is 11.7 Å². The van der Waals surface area contributed by atoms with Crippen molar-refractivity contribution in [2.45, 2.75) is 13.8 Å². The van der Waals surface area contributed by atoms with Crippen molar-refractivity contribution < 1.29 is 23.6 Å². The van der Waals surface area contributed by atoms with Crippen LogP contribution in [0.15, 0.2) is 36.4 Å². The molecule has 0 fully saturated rings. The maximum Gasteiger partial charge on any atom is 0.349 e. The molecular weight excluding hydrogens is 305 g/mol. The van der Waals surface area contributed by atoms with Gasteiger partial charge in [0.25, 0.3) is 0 Å². The van der Waals surface area contributed by atoms with Crippen LogP contribution in [0.2, 0.25) is 0 Å². The van der Waals surface area contributed by atoms with Crippen LogP contribution >= 0.6 is 0 Å². The van der Waals surface area contributed by atoms with Gasteiger partial charge >= 0.3 is 11.7 Å². The summed E-state index contributed by atoms with van der Waals surface area (Å²) in [7, 11) is 0. The summed E-state index contributed by atoms with van der Waals surface area (Å²) in [5.41, 5.74) is 1.44. The van der Waals surface area contributed by atoms with Gasteiger partial charge in [-0.25, -0.2) is 9.18 Å². The number of carbonyl (C=O) groups excluding carboxylic acids is 1. The third kappa shape index (κ3) is 4.50. The predicted molar refractivity (Wildman–Crippen MR) is 80.1 cm³/mol. The number of nitrogens with zero attached hydrogens (tertiary/aromatic N) is 1. The first-order valence-corrected chi connectivity index (χ1v) is 6.71. The fraction of sp³-hybridized carbons (Fsp3) is 0.188. The van der Waals surface area contributed by atoms with E-state index < -0.39 is 34.8 Å². The Labute approximate surface area is 131 Å². The quantitative estimate of drug-likeness (QED) is 0.365. The van der Waals surface area contributed by atoms with Crippen molar-refractivity contribution in [1.82, 2.24) is 0 Å². The van der Waals surface area contributed by atoms with Gasteiger partial charge in [-0.3, -0.25) is 10.1 Å². The summed E-state index contributed by atoms with van der Waals surface area (Å²) in [4.78, 5) is 21.8. The SMILES string of the molecule is Cc1cc(C)cc(OCC(=O)Oc2cc(F)ccc2[N+](=O)[O-])c1. The van der Waals surface area contributed by atoms with Gasteiger partial charge in [0.1, 0.15) is 11.6 Å². The lowest BCUT2D eigenvalue weighted by atomic mass is 10.1. The number of nitro groups is 1. The van der Waals surface area contributed by atoms with Gasteiger partial charge in [0.05, 0.1) is 4.92 Å². The van der Waals surface area contributed by atoms with Gasteiger partial charge in [0.2, 0.25) is 5.75 Å². The minimum absolute atomic E-state index is 0.448. The highest BCUT2D eigenvalue weighted by molar-refractivity contribution is 5.75. The van der Waals surface area contributed by atoms with E-state index in [4.69, 9.17) is 9.47 Å². The molecule has 0 radical (unpaired) electrons. The topological polar surface area (TPSA) is 78.7 Å². The molecule has 0 aliphatic heterocycles. The number of halogens is 1. The maximum atomic E-state index is 13.2. The van der Waals surface area contributed by atoms with E-state index in [9.17, 15) is 19.3 Å². The van der Waals surface area contributed by atoms with E-state index in [2.05, 4.69) is 0 Å². The largest absolute Gasteiger partial charge is 0.482 e. The van der Waals surface area contributed by atoms with Crippen LogP contribution in [0.4, 0.5) is 10.1 Å². The molecule has 6 nitrogen and oxygen atoms in total. The van der Waals surface area contributed by atoms with Crippen LogP contribution in [0, 0.1) is 29.8 Å². The van der Waals surface area contributed by atoms with Crippen LogP contribution in [0.3, 0.4) is 0 Å². The van der Waals surface area contributed by atoms with Crippen molar-refractivity contribution in [2.24, 2.45) is 0 Å². The van der Waals surface area contributed by atoms with E-state index in [1.54, 1.807) is 12.1 Å². The van der Waals surface area contributed by atoms with Crippen LogP contribution in [0.5, 0.6) is 11.5 Å². The summed E-state index contributed by atoms with van der Waals surface area (Å²) in [5, 5.41) is 10.8. The van der Waals surface area contributed by atoms with E-state index in [1.807, 2.05) is 19.9 Å². The van der Waals surface area contributed by atoms with Crippen molar-refractivity contribution in [3.63, 3.8) is 0 Å². The summed E-state index contributed by atoms with van der Waals surface area (Å²) in [5.74, 6) is -1.58. The summed E-state index contributed by atoms with van der Waals surface area (Å²) >= 11 is 0. The highest BCUT2D eigenvalue weighted by Crippen LogP contribution is 2.27. The van der Waals surface area contributed by atoms with E-state index in [-0.39, 0.29) is 0 Å². The van der Waals surface area contributed by atoms with Gasteiger partial charge in [-0.15, -0.1) is 0 Å². The van der Waals surface area contributed by atoms with Gasteiger partial charge in [-0.05, 0) is 43.2 Å². The monoisotopic (exact) mass is 319 g/mol. The second kappa shape index (κ2) is 6.87. The molecule has 0 aliphatic rings. The van der Waals surface area contributed by atoms with E-state index in [1.165, 1.54) is 0 Å². The highest BCUT2D eigenvalue weighted by atomic mass is 19.1. The summed E-state index contributed by atoms with van der Waals surface area (Å²) in [6, 6.07) is 8.06. The van der Waals surface area contributed by atoms with E-state index in [0.29, 0.717) is 5.75 Å². The predicted octanol–water partition coefficient (Wildman–Crippen LogP) is 3.34. The number of rotatable bonds is 5. The molecule has 0 saturated heterocycles. The molecule has 7 heteroatoms. The number of aryl methyl sites for hydroxylation is 2. The zero-order valence-corrected chi connectivity index (χ0v) is 12.5. The Morgan fingerprint density at radius 2 is 1.83 bits per heavy atom. The lowest BCUT2D eigenvalue weighted by Gasteiger charge is -2.08. The first-order chi connectivity index (χ1) is 10.8. The molecule has 0 amide bonds. The molecule has 2 aromatic rings. The molecule has 0 heterocycles. The lowest BCUT2D eigenvalue weighted by molar-refractivity contribution is -0.385. The molecule has 0 spiro atoms.